The molecule has 5 rings (SSSR count). The van der Waals surface area contributed by atoms with Crippen molar-refractivity contribution in [3.63, 3.8) is 0 Å². The molecule has 1 unspecified atom stereocenters. The summed E-state index contributed by atoms with van der Waals surface area (Å²) in [5.41, 5.74) is 3.08. The van der Waals surface area contributed by atoms with Crippen molar-refractivity contribution >= 4 is 39.9 Å². The summed E-state index contributed by atoms with van der Waals surface area (Å²) in [5.74, 6) is 1.08. The topological polar surface area (TPSA) is 78.4 Å². The first-order chi connectivity index (χ1) is 16.5. The number of benzene rings is 3. The van der Waals surface area contributed by atoms with Gasteiger partial charge in [-0.05, 0) is 31.2 Å². The average molecular weight is 452 g/mol. The first-order valence-corrected chi connectivity index (χ1v) is 11.3. The highest BCUT2D eigenvalue weighted by Gasteiger charge is 2.30. The molecule has 0 radical (unpaired) electrons. The molecule has 3 aromatic carbocycles. The zero-order chi connectivity index (χ0) is 23.7. The van der Waals surface area contributed by atoms with E-state index in [1.54, 1.807) is 4.90 Å². The molecule has 170 valence electrons. The van der Waals surface area contributed by atoms with E-state index in [0.717, 1.165) is 16.5 Å². The largest absolute Gasteiger partial charge is 0.350 e. The Bertz CT molecular complexity index is 1370. The smallest absolute Gasteiger partial charge is 0.246 e. The van der Waals surface area contributed by atoms with Crippen molar-refractivity contribution in [3.8, 4) is 11.4 Å². The third-order valence-electron chi connectivity index (χ3n) is 5.98. The first kappa shape index (κ1) is 21.6. The molecular weight excluding hydrogens is 426 g/mol. The second-order valence-electron chi connectivity index (χ2n) is 8.49. The maximum Gasteiger partial charge on any atom is 0.246 e. The van der Waals surface area contributed by atoms with Gasteiger partial charge in [0.2, 0.25) is 11.8 Å². The van der Waals surface area contributed by atoms with Gasteiger partial charge in [-0.2, -0.15) is 0 Å². The fourth-order valence-electron chi connectivity index (χ4n) is 4.39. The van der Waals surface area contributed by atoms with E-state index in [0.29, 0.717) is 23.0 Å². The molecule has 2 amide bonds. The van der Waals surface area contributed by atoms with Crippen LogP contribution in [0.5, 0.6) is 0 Å². The molecule has 0 bridgehead atoms. The number of rotatable bonds is 4. The van der Waals surface area contributed by atoms with Crippen LogP contribution in [0.1, 0.15) is 13.3 Å². The molecule has 0 fully saturated rings. The fraction of sp³-hybridized carbons (Fsp3) is 0.185. The maximum atomic E-state index is 13.6. The third-order valence-corrected chi connectivity index (χ3v) is 5.98. The van der Waals surface area contributed by atoms with E-state index in [1.807, 2.05) is 97.7 Å². The highest BCUT2D eigenvalue weighted by Crippen LogP contribution is 2.32. The Labute approximate surface area is 198 Å². The number of likely N-dealkylation sites (N-methyl/N-ethyl adjacent to an activating group) is 1. The second kappa shape index (κ2) is 8.94. The third kappa shape index (κ3) is 4.08. The number of hydrogen-bond donors (Lipinski definition) is 1. The van der Waals surface area contributed by atoms with Gasteiger partial charge in [0, 0.05) is 30.5 Å². The maximum absolute atomic E-state index is 13.6. The van der Waals surface area contributed by atoms with Crippen LogP contribution in [-0.2, 0) is 9.59 Å². The van der Waals surface area contributed by atoms with Crippen molar-refractivity contribution in [2.24, 2.45) is 0 Å². The van der Waals surface area contributed by atoms with Gasteiger partial charge in [-0.1, -0.05) is 54.6 Å². The quantitative estimate of drug-likeness (QED) is 0.494. The van der Waals surface area contributed by atoms with Gasteiger partial charge < -0.3 is 15.1 Å². The summed E-state index contributed by atoms with van der Waals surface area (Å²) in [6, 6.07) is 24.7. The van der Waals surface area contributed by atoms with Gasteiger partial charge >= 0.3 is 0 Å². The van der Waals surface area contributed by atoms with Crippen LogP contribution in [0.4, 0.5) is 17.2 Å². The molecule has 0 spiro atoms. The van der Waals surface area contributed by atoms with Gasteiger partial charge in [-0.25, -0.2) is 9.97 Å². The Morgan fingerprint density at radius 2 is 1.71 bits per heavy atom. The molecular formula is C27H25N5O2. The summed E-state index contributed by atoms with van der Waals surface area (Å²) in [7, 11) is 1.86. The molecule has 1 aliphatic heterocycles. The minimum Gasteiger partial charge on any atom is -0.350 e. The van der Waals surface area contributed by atoms with Gasteiger partial charge in [0.05, 0.1) is 23.4 Å². The van der Waals surface area contributed by atoms with E-state index in [4.69, 9.17) is 9.97 Å². The number of nitrogens with one attached hydrogen (secondary N) is 1. The molecule has 0 saturated carbocycles. The number of amides is 2. The van der Waals surface area contributed by atoms with Crippen LogP contribution in [0.25, 0.3) is 22.3 Å². The number of aromatic nitrogens is 2. The lowest BCUT2D eigenvalue weighted by Crippen LogP contribution is -2.44. The number of carbonyl (C=O) groups excluding carboxylic acids is 2. The predicted octanol–water partition coefficient (Wildman–Crippen LogP) is 4.50. The number of para-hydroxylation sites is 3. The van der Waals surface area contributed by atoms with Crippen molar-refractivity contribution in [3.05, 3.63) is 78.9 Å². The number of fused-ring (bicyclic) bond motifs is 2. The van der Waals surface area contributed by atoms with Crippen LogP contribution in [0.15, 0.2) is 78.9 Å². The van der Waals surface area contributed by atoms with Gasteiger partial charge in [0.25, 0.3) is 0 Å². The fourth-order valence-corrected chi connectivity index (χ4v) is 4.39. The SMILES string of the molecule is CC1CC(=O)Nc2ccccc2N1C(=O)CN(C)c1nc(-c2ccccc2)nc2ccccc12. The minimum atomic E-state index is -0.272. The van der Waals surface area contributed by atoms with Crippen LogP contribution in [0.3, 0.4) is 0 Å². The Kier molecular flexibility index (Phi) is 5.67. The van der Waals surface area contributed by atoms with Crippen molar-refractivity contribution in [1.29, 1.82) is 0 Å². The summed E-state index contributed by atoms with van der Waals surface area (Å²) in [5, 5.41) is 3.78. The average Bonchev–Trinajstić information content (AvgIpc) is 2.97. The summed E-state index contributed by atoms with van der Waals surface area (Å²) in [6.07, 6.45) is 0.235. The second-order valence-corrected chi connectivity index (χ2v) is 8.49. The lowest BCUT2D eigenvalue weighted by atomic mass is 10.1. The van der Waals surface area contributed by atoms with E-state index in [9.17, 15) is 9.59 Å². The van der Waals surface area contributed by atoms with Gasteiger partial charge in [-0.3, -0.25) is 9.59 Å². The monoisotopic (exact) mass is 451 g/mol. The molecule has 4 aromatic rings. The van der Waals surface area contributed by atoms with Crippen LogP contribution < -0.4 is 15.1 Å². The summed E-state index contributed by atoms with van der Waals surface area (Å²) in [6.45, 7) is 2.00. The van der Waals surface area contributed by atoms with E-state index in [1.165, 1.54) is 0 Å². The Hall–Kier alpha value is -4.26. The molecule has 0 aliphatic carbocycles. The molecule has 7 nitrogen and oxygen atoms in total. The van der Waals surface area contributed by atoms with E-state index in [2.05, 4.69) is 5.32 Å². The summed E-state index contributed by atoms with van der Waals surface area (Å²) < 4.78 is 0. The zero-order valence-corrected chi connectivity index (χ0v) is 19.1. The number of hydrogen-bond acceptors (Lipinski definition) is 5. The molecule has 1 aliphatic rings. The van der Waals surface area contributed by atoms with Crippen molar-refractivity contribution in [2.45, 2.75) is 19.4 Å². The van der Waals surface area contributed by atoms with Crippen LogP contribution in [0, 0.1) is 0 Å². The Balaban J connectivity index is 1.51. The minimum absolute atomic E-state index is 0.0992. The highest BCUT2D eigenvalue weighted by molar-refractivity contribution is 6.06. The number of carbonyl (C=O) groups is 2. The lowest BCUT2D eigenvalue weighted by molar-refractivity contribution is -0.118. The predicted molar refractivity (Wildman–Crippen MR) is 135 cm³/mol. The number of anilines is 3. The molecule has 1 N–H and O–H groups in total. The first-order valence-electron chi connectivity index (χ1n) is 11.3. The standard InChI is InChI=1S/C27H25N5O2/c1-18-16-24(33)28-22-14-8-9-15-23(22)32(18)25(34)17-31(2)27-20-12-6-7-13-21(20)29-26(30-27)19-10-4-3-5-11-19/h3-15,18H,16-17H2,1-2H3,(H,28,33). The highest BCUT2D eigenvalue weighted by atomic mass is 16.2. The summed E-state index contributed by atoms with van der Waals surface area (Å²) >= 11 is 0. The zero-order valence-electron chi connectivity index (χ0n) is 19.1. The number of nitrogens with zero attached hydrogens (tertiary/aromatic N) is 4. The van der Waals surface area contributed by atoms with Crippen molar-refractivity contribution in [2.75, 3.05) is 28.7 Å². The van der Waals surface area contributed by atoms with Crippen LogP contribution in [0.2, 0.25) is 0 Å². The molecule has 1 aromatic heterocycles. The molecule has 1 atom stereocenters. The van der Waals surface area contributed by atoms with E-state index in [-0.39, 0.29) is 30.8 Å². The van der Waals surface area contributed by atoms with E-state index >= 15 is 0 Å². The van der Waals surface area contributed by atoms with Crippen molar-refractivity contribution in [1.82, 2.24) is 9.97 Å². The molecule has 34 heavy (non-hydrogen) atoms. The molecule has 0 saturated heterocycles. The van der Waals surface area contributed by atoms with Crippen LogP contribution in [-0.4, -0.2) is 41.4 Å². The van der Waals surface area contributed by atoms with Crippen LogP contribution >= 0.6 is 0 Å². The lowest BCUT2D eigenvalue weighted by Gasteiger charge is -2.30. The summed E-state index contributed by atoms with van der Waals surface area (Å²) in [4.78, 5) is 39.1. The molecule has 7 heteroatoms. The normalized spacial score (nSPS) is 15.4. The van der Waals surface area contributed by atoms with Gasteiger partial charge in [0.1, 0.15) is 5.82 Å². The van der Waals surface area contributed by atoms with Gasteiger partial charge in [-0.15, -0.1) is 0 Å². The van der Waals surface area contributed by atoms with Crippen molar-refractivity contribution < 1.29 is 9.59 Å². The van der Waals surface area contributed by atoms with E-state index < -0.39 is 0 Å². The Morgan fingerprint density at radius 3 is 2.53 bits per heavy atom. The van der Waals surface area contributed by atoms with Gasteiger partial charge in [0.15, 0.2) is 5.82 Å². The Morgan fingerprint density at radius 1 is 1.00 bits per heavy atom. The molecule has 2 heterocycles.